The Morgan fingerprint density at radius 2 is 2.24 bits per heavy atom. The maximum absolute atomic E-state index is 12.1. The van der Waals surface area contributed by atoms with Gasteiger partial charge in [-0.25, -0.2) is 0 Å². The summed E-state index contributed by atoms with van der Waals surface area (Å²) in [6, 6.07) is 6.10. The second-order valence-corrected chi connectivity index (χ2v) is 7.46. The standard InChI is InChI=1S/C17H20N6OS/c1-22-15(11-23-6-3-5-18-23)20-21-17(22)12-8-13(9-12)19-16(24)10-14-4-2-7-25-14/h2-7,12-13H,8-11H2,1H3,(H,19,24). The zero-order chi connectivity index (χ0) is 17.2. The zero-order valence-electron chi connectivity index (χ0n) is 14.0. The van der Waals surface area contributed by atoms with Crippen molar-refractivity contribution in [3.63, 3.8) is 0 Å². The number of nitrogens with zero attached hydrogens (tertiary/aromatic N) is 5. The van der Waals surface area contributed by atoms with E-state index >= 15 is 0 Å². The predicted molar refractivity (Wildman–Crippen MR) is 94.3 cm³/mol. The van der Waals surface area contributed by atoms with E-state index in [9.17, 15) is 4.79 Å². The Morgan fingerprint density at radius 1 is 1.36 bits per heavy atom. The molecular formula is C17H20N6OS. The van der Waals surface area contributed by atoms with Gasteiger partial charge >= 0.3 is 0 Å². The highest BCUT2D eigenvalue weighted by molar-refractivity contribution is 7.10. The summed E-state index contributed by atoms with van der Waals surface area (Å²) in [4.78, 5) is 13.2. The molecule has 25 heavy (non-hydrogen) atoms. The number of carbonyl (C=O) groups excluding carboxylic acids is 1. The molecule has 0 atom stereocenters. The maximum atomic E-state index is 12.1. The van der Waals surface area contributed by atoms with Crippen LogP contribution in [0, 0.1) is 0 Å². The molecule has 4 rings (SSSR count). The Morgan fingerprint density at radius 3 is 2.96 bits per heavy atom. The summed E-state index contributed by atoms with van der Waals surface area (Å²) < 4.78 is 3.89. The predicted octanol–water partition coefficient (Wildman–Crippen LogP) is 1.73. The first-order valence-electron chi connectivity index (χ1n) is 8.36. The fraction of sp³-hybridized carbons (Fsp3) is 0.412. The molecule has 1 amide bonds. The van der Waals surface area contributed by atoms with Crippen LogP contribution < -0.4 is 5.32 Å². The number of hydrogen-bond acceptors (Lipinski definition) is 5. The number of aromatic nitrogens is 5. The summed E-state index contributed by atoms with van der Waals surface area (Å²) >= 11 is 1.62. The highest BCUT2D eigenvalue weighted by atomic mass is 32.1. The van der Waals surface area contributed by atoms with Gasteiger partial charge in [0.15, 0.2) is 5.82 Å². The molecule has 3 heterocycles. The molecule has 0 radical (unpaired) electrons. The van der Waals surface area contributed by atoms with Gasteiger partial charge in [0.25, 0.3) is 0 Å². The lowest BCUT2D eigenvalue weighted by atomic mass is 9.79. The normalized spacial score (nSPS) is 19.6. The molecule has 1 fully saturated rings. The van der Waals surface area contributed by atoms with Crippen molar-refractivity contribution in [2.24, 2.45) is 7.05 Å². The number of rotatable bonds is 6. The van der Waals surface area contributed by atoms with E-state index in [0.717, 1.165) is 29.4 Å². The summed E-state index contributed by atoms with van der Waals surface area (Å²) in [6.45, 7) is 0.615. The molecule has 3 aromatic rings. The molecule has 1 aliphatic carbocycles. The molecule has 0 aromatic carbocycles. The molecule has 0 aliphatic heterocycles. The second-order valence-electron chi connectivity index (χ2n) is 6.43. The molecule has 0 spiro atoms. The van der Waals surface area contributed by atoms with Crippen LogP contribution in [-0.2, 0) is 24.8 Å². The van der Waals surface area contributed by atoms with Crippen LogP contribution in [-0.4, -0.2) is 36.5 Å². The summed E-state index contributed by atoms with van der Waals surface area (Å²) in [5.41, 5.74) is 0. The Hall–Kier alpha value is -2.48. The molecule has 3 aromatic heterocycles. The van der Waals surface area contributed by atoms with Gasteiger partial charge in [0, 0.05) is 36.3 Å². The van der Waals surface area contributed by atoms with E-state index in [1.54, 1.807) is 17.5 Å². The Kier molecular flexibility index (Phi) is 4.35. The van der Waals surface area contributed by atoms with Crippen LogP contribution in [0.1, 0.15) is 35.3 Å². The van der Waals surface area contributed by atoms with E-state index < -0.39 is 0 Å². The van der Waals surface area contributed by atoms with Crippen LogP contribution in [0.5, 0.6) is 0 Å². The average Bonchev–Trinajstić information content (AvgIpc) is 3.29. The lowest BCUT2D eigenvalue weighted by Gasteiger charge is -2.35. The van der Waals surface area contributed by atoms with Gasteiger partial charge < -0.3 is 9.88 Å². The molecular weight excluding hydrogens is 336 g/mol. The average molecular weight is 356 g/mol. The number of amides is 1. The fourth-order valence-corrected chi connectivity index (χ4v) is 3.91. The van der Waals surface area contributed by atoms with E-state index in [1.165, 1.54) is 0 Å². The van der Waals surface area contributed by atoms with Crippen LogP contribution in [0.2, 0.25) is 0 Å². The number of nitrogens with one attached hydrogen (secondary N) is 1. The van der Waals surface area contributed by atoms with E-state index in [2.05, 4.69) is 25.2 Å². The van der Waals surface area contributed by atoms with E-state index in [-0.39, 0.29) is 11.9 Å². The molecule has 0 bridgehead atoms. The van der Waals surface area contributed by atoms with Gasteiger partial charge in [0.2, 0.25) is 5.91 Å². The second kappa shape index (κ2) is 6.79. The first-order chi connectivity index (χ1) is 12.2. The van der Waals surface area contributed by atoms with Crippen molar-refractivity contribution >= 4 is 17.2 Å². The largest absolute Gasteiger partial charge is 0.353 e. The van der Waals surface area contributed by atoms with Crippen molar-refractivity contribution in [2.75, 3.05) is 0 Å². The van der Waals surface area contributed by atoms with Crippen molar-refractivity contribution in [1.29, 1.82) is 0 Å². The molecule has 1 aliphatic rings. The van der Waals surface area contributed by atoms with E-state index in [0.29, 0.717) is 18.9 Å². The van der Waals surface area contributed by atoms with Gasteiger partial charge in [-0.15, -0.1) is 21.5 Å². The molecule has 130 valence electrons. The minimum atomic E-state index is 0.100. The van der Waals surface area contributed by atoms with Crippen LogP contribution in [0.3, 0.4) is 0 Å². The summed E-state index contributed by atoms with van der Waals surface area (Å²) in [7, 11) is 2.00. The van der Waals surface area contributed by atoms with Gasteiger partial charge in [-0.2, -0.15) is 5.10 Å². The summed E-state index contributed by atoms with van der Waals surface area (Å²) in [5.74, 6) is 2.34. The molecule has 0 unspecified atom stereocenters. The molecule has 1 N–H and O–H groups in total. The number of carbonyl (C=O) groups is 1. The van der Waals surface area contributed by atoms with Gasteiger partial charge in [0.05, 0.1) is 6.42 Å². The van der Waals surface area contributed by atoms with Crippen LogP contribution >= 0.6 is 11.3 Å². The number of hydrogen-bond donors (Lipinski definition) is 1. The Balaban J connectivity index is 1.30. The van der Waals surface area contributed by atoms with E-state index in [4.69, 9.17) is 0 Å². The van der Waals surface area contributed by atoms with Gasteiger partial charge in [-0.05, 0) is 30.4 Å². The van der Waals surface area contributed by atoms with Crippen molar-refractivity contribution in [3.8, 4) is 0 Å². The maximum Gasteiger partial charge on any atom is 0.225 e. The highest BCUT2D eigenvalue weighted by Gasteiger charge is 2.34. The van der Waals surface area contributed by atoms with Crippen molar-refractivity contribution in [1.82, 2.24) is 29.9 Å². The molecule has 8 heteroatoms. The summed E-state index contributed by atoms with van der Waals surface area (Å²) in [5, 5.41) is 18.0. The van der Waals surface area contributed by atoms with Crippen molar-refractivity contribution in [2.45, 2.75) is 37.8 Å². The quantitative estimate of drug-likeness (QED) is 0.730. The van der Waals surface area contributed by atoms with Crippen LogP contribution in [0.15, 0.2) is 36.0 Å². The van der Waals surface area contributed by atoms with Crippen molar-refractivity contribution in [3.05, 3.63) is 52.5 Å². The third-order valence-electron chi connectivity index (χ3n) is 4.64. The third kappa shape index (κ3) is 3.48. The fourth-order valence-electron chi connectivity index (χ4n) is 3.20. The first-order valence-corrected chi connectivity index (χ1v) is 9.24. The SMILES string of the molecule is Cn1c(Cn2cccn2)nnc1C1CC(NC(=O)Cc2cccs2)C1. The smallest absolute Gasteiger partial charge is 0.225 e. The van der Waals surface area contributed by atoms with Crippen LogP contribution in [0.25, 0.3) is 0 Å². The molecule has 7 nitrogen and oxygen atoms in total. The van der Waals surface area contributed by atoms with Crippen molar-refractivity contribution < 1.29 is 4.79 Å². The lowest BCUT2D eigenvalue weighted by Crippen LogP contribution is -2.44. The summed E-state index contributed by atoms with van der Waals surface area (Å²) in [6.07, 6.45) is 5.98. The van der Waals surface area contributed by atoms with Gasteiger partial charge in [-0.1, -0.05) is 6.07 Å². The topological polar surface area (TPSA) is 77.6 Å². The monoisotopic (exact) mass is 356 g/mol. The zero-order valence-corrected chi connectivity index (χ0v) is 14.8. The third-order valence-corrected chi connectivity index (χ3v) is 5.52. The van der Waals surface area contributed by atoms with Gasteiger partial charge in [-0.3, -0.25) is 9.48 Å². The lowest BCUT2D eigenvalue weighted by molar-refractivity contribution is -0.121. The minimum absolute atomic E-state index is 0.100. The molecule has 0 saturated heterocycles. The number of thiophene rings is 1. The Labute approximate surface area is 149 Å². The minimum Gasteiger partial charge on any atom is -0.353 e. The Bertz CT molecular complexity index is 833. The first kappa shape index (κ1) is 16.0. The van der Waals surface area contributed by atoms with Gasteiger partial charge in [0.1, 0.15) is 12.4 Å². The highest BCUT2D eigenvalue weighted by Crippen LogP contribution is 2.36. The molecule has 1 saturated carbocycles. The van der Waals surface area contributed by atoms with E-state index in [1.807, 2.05) is 41.5 Å². The van der Waals surface area contributed by atoms with Crippen LogP contribution in [0.4, 0.5) is 0 Å².